The van der Waals surface area contributed by atoms with E-state index in [1.54, 1.807) is 13.1 Å². The Labute approximate surface area is 126 Å². The van der Waals surface area contributed by atoms with Crippen LogP contribution in [0.4, 0.5) is 4.39 Å². The number of benzene rings is 1. The van der Waals surface area contributed by atoms with Crippen LogP contribution < -0.4 is 5.32 Å². The molecule has 1 aliphatic heterocycles. The summed E-state index contributed by atoms with van der Waals surface area (Å²) in [5.74, 6) is -0.0834. The number of hydrogen-bond donors (Lipinski definition) is 1. The number of nitrogens with zero attached hydrogens (tertiary/aromatic N) is 1. The fourth-order valence-electron chi connectivity index (χ4n) is 3.00. The van der Waals surface area contributed by atoms with E-state index < -0.39 is 15.8 Å². The second-order valence-corrected chi connectivity index (χ2v) is 7.97. The molecule has 1 aliphatic rings. The van der Waals surface area contributed by atoms with E-state index in [1.165, 1.54) is 16.4 Å². The Morgan fingerprint density at radius 3 is 2.48 bits per heavy atom. The molecular formula is C15H23FN2O2S. The maximum Gasteiger partial charge on any atom is 0.246 e. The van der Waals surface area contributed by atoms with Crippen molar-refractivity contribution >= 4 is 10.0 Å². The third-order valence-electron chi connectivity index (χ3n) is 3.83. The minimum atomic E-state index is -3.77. The molecule has 0 saturated carbocycles. The van der Waals surface area contributed by atoms with Gasteiger partial charge in [-0.05, 0) is 43.0 Å². The van der Waals surface area contributed by atoms with Crippen molar-refractivity contribution in [3.63, 3.8) is 0 Å². The first-order chi connectivity index (χ1) is 9.84. The van der Waals surface area contributed by atoms with Gasteiger partial charge in [0.25, 0.3) is 0 Å². The summed E-state index contributed by atoms with van der Waals surface area (Å²) in [4.78, 5) is -0.212. The van der Waals surface area contributed by atoms with E-state index in [9.17, 15) is 12.8 Å². The van der Waals surface area contributed by atoms with Gasteiger partial charge in [-0.25, -0.2) is 12.8 Å². The standard InChI is InChI=1S/C15H23FN2O2S/c1-11-6-12(2)10-18(9-11)21(19,20)15-7-13(8-17-3)4-5-14(15)16/h4-5,7,11-12,17H,6,8-10H2,1-3H3. The van der Waals surface area contributed by atoms with Crippen LogP contribution in [-0.4, -0.2) is 32.9 Å². The molecule has 1 saturated heterocycles. The summed E-state index contributed by atoms with van der Waals surface area (Å²) >= 11 is 0. The van der Waals surface area contributed by atoms with Crippen LogP contribution in [0.2, 0.25) is 0 Å². The molecule has 4 nitrogen and oxygen atoms in total. The lowest BCUT2D eigenvalue weighted by Gasteiger charge is -2.34. The molecule has 0 aromatic heterocycles. The third-order valence-corrected chi connectivity index (χ3v) is 5.68. The largest absolute Gasteiger partial charge is 0.316 e. The Hall–Kier alpha value is -0.980. The van der Waals surface area contributed by atoms with Gasteiger partial charge in [-0.3, -0.25) is 0 Å². The van der Waals surface area contributed by atoms with Crippen molar-refractivity contribution < 1.29 is 12.8 Å². The van der Waals surface area contributed by atoms with E-state index in [0.717, 1.165) is 12.0 Å². The summed E-state index contributed by atoms with van der Waals surface area (Å²) in [6.07, 6.45) is 1.01. The smallest absolute Gasteiger partial charge is 0.246 e. The second kappa shape index (κ2) is 6.42. The molecule has 2 atom stereocenters. The zero-order chi connectivity index (χ0) is 15.6. The molecule has 6 heteroatoms. The quantitative estimate of drug-likeness (QED) is 0.927. The first kappa shape index (κ1) is 16.4. The normalized spacial score (nSPS) is 24.2. The maximum atomic E-state index is 14.0. The predicted molar refractivity (Wildman–Crippen MR) is 80.9 cm³/mol. The van der Waals surface area contributed by atoms with Crippen LogP contribution in [0.25, 0.3) is 0 Å². The zero-order valence-corrected chi connectivity index (χ0v) is 13.6. The van der Waals surface area contributed by atoms with E-state index in [4.69, 9.17) is 0 Å². The summed E-state index contributed by atoms with van der Waals surface area (Å²) in [7, 11) is -2.00. The lowest BCUT2D eigenvalue weighted by Crippen LogP contribution is -2.42. The van der Waals surface area contributed by atoms with Crippen LogP contribution in [0.15, 0.2) is 23.1 Å². The molecule has 0 spiro atoms. The van der Waals surface area contributed by atoms with Crippen molar-refractivity contribution in [3.05, 3.63) is 29.6 Å². The van der Waals surface area contributed by atoms with Crippen LogP contribution in [0.1, 0.15) is 25.8 Å². The van der Waals surface area contributed by atoms with Gasteiger partial charge in [0.2, 0.25) is 10.0 Å². The van der Waals surface area contributed by atoms with Crippen LogP contribution in [0.3, 0.4) is 0 Å². The molecule has 1 fully saturated rings. The molecule has 118 valence electrons. The van der Waals surface area contributed by atoms with Gasteiger partial charge in [0.05, 0.1) is 0 Å². The minimum Gasteiger partial charge on any atom is -0.316 e. The molecule has 1 heterocycles. The van der Waals surface area contributed by atoms with Gasteiger partial charge < -0.3 is 5.32 Å². The maximum absolute atomic E-state index is 14.0. The van der Waals surface area contributed by atoms with Crippen molar-refractivity contribution in [2.24, 2.45) is 11.8 Å². The van der Waals surface area contributed by atoms with Crippen LogP contribution >= 0.6 is 0 Å². The van der Waals surface area contributed by atoms with E-state index in [0.29, 0.717) is 31.5 Å². The number of sulfonamides is 1. The summed E-state index contributed by atoms with van der Waals surface area (Å²) < 4.78 is 40.9. The average Bonchev–Trinajstić information content (AvgIpc) is 2.40. The summed E-state index contributed by atoms with van der Waals surface area (Å²) in [6.45, 7) is 5.50. The highest BCUT2D eigenvalue weighted by atomic mass is 32.2. The summed E-state index contributed by atoms with van der Waals surface area (Å²) in [6, 6.07) is 4.27. The first-order valence-corrected chi connectivity index (χ1v) is 8.71. The van der Waals surface area contributed by atoms with Crippen LogP contribution in [0.5, 0.6) is 0 Å². The van der Waals surface area contributed by atoms with Gasteiger partial charge in [-0.1, -0.05) is 19.9 Å². The van der Waals surface area contributed by atoms with E-state index in [-0.39, 0.29) is 4.90 Å². The Kier molecular flexibility index (Phi) is 5.01. The number of hydrogen-bond acceptors (Lipinski definition) is 3. The Balaban J connectivity index is 2.36. The van der Waals surface area contributed by atoms with Crippen LogP contribution in [-0.2, 0) is 16.6 Å². The second-order valence-electron chi connectivity index (χ2n) is 6.06. The zero-order valence-electron chi connectivity index (χ0n) is 12.8. The Bertz CT molecular complexity index is 594. The number of piperidine rings is 1. The van der Waals surface area contributed by atoms with Crippen molar-refractivity contribution in [1.29, 1.82) is 0 Å². The molecule has 1 aromatic carbocycles. The lowest BCUT2D eigenvalue weighted by molar-refractivity contribution is 0.222. The van der Waals surface area contributed by atoms with Gasteiger partial charge in [-0.15, -0.1) is 0 Å². The highest BCUT2D eigenvalue weighted by Gasteiger charge is 2.33. The molecule has 2 rings (SSSR count). The van der Waals surface area contributed by atoms with Gasteiger partial charge in [0.1, 0.15) is 10.7 Å². The monoisotopic (exact) mass is 314 g/mol. The molecule has 2 unspecified atom stereocenters. The number of halogens is 1. The molecule has 0 bridgehead atoms. The van der Waals surface area contributed by atoms with Crippen molar-refractivity contribution in [3.8, 4) is 0 Å². The van der Waals surface area contributed by atoms with Gasteiger partial charge in [0, 0.05) is 19.6 Å². The van der Waals surface area contributed by atoms with Crippen molar-refractivity contribution in [1.82, 2.24) is 9.62 Å². The number of rotatable bonds is 4. The summed E-state index contributed by atoms with van der Waals surface area (Å²) in [5, 5.41) is 2.94. The molecule has 1 N–H and O–H groups in total. The van der Waals surface area contributed by atoms with Crippen molar-refractivity contribution in [2.45, 2.75) is 31.7 Å². The first-order valence-electron chi connectivity index (χ1n) is 7.27. The SMILES string of the molecule is CNCc1ccc(F)c(S(=O)(=O)N2CC(C)CC(C)C2)c1. The topological polar surface area (TPSA) is 49.4 Å². The minimum absolute atomic E-state index is 0.212. The Morgan fingerprint density at radius 1 is 1.29 bits per heavy atom. The summed E-state index contributed by atoms with van der Waals surface area (Å²) in [5.41, 5.74) is 0.760. The number of nitrogens with one attached hydrogen (secondary N) is 1. The van der Waals surface area contributed by atoms with Gasteiger partial charge in [-0.2, -0.15) is 4.31 Å². The Morgan fingerprint density at radius 2 is 1.90 bits per heavy atom. The fourth-order valence-corrected chi connectivity index (χ4v) is 4.80. The van der Waals surface area contributed by atoms with Gasteiger partial charge >= 0.3 is 0 Å². The average molecular weight is 314 g/mol. The highest BCUT2D eigenvalue weighted by Crippen LogP contribution is 2.28. The molecule has 21 heavy (non-hydrogen) atoms. The highest BCUT2D eigenvalue weighted by molar-refractivity contribution is 7.89. The van der Waals surface area contributed by atoms with Crippen molar-refractivity contribution in [2.75, 3.05) is 20.1 Å². The lowest BCUT2D eigenvalue weighted by atomic mass is 9.94. The third kappa shape index (κ3) is 3.62. The van der Waals surface area contributed by atoms with E-state index in [2.05, 4.69) is 5.32 Å². The molecule has 0 aliphatic carbocycles. The van der Waals surface area contributed by atoms with E-state index in [1.807, 2.05) is 13.8 Å². The van der Waals surface area contributed by atoms with E-state index >= 15 is 0 Å². The van der Waals surface area contributed by atoms with Crippen LogP contribution in [0, 0.1) is 17.7 Å². The molecular weight excluding hydrogens is 291 g/mol. The van der Waals surface area contributed by atoms with Gasteiger partial charge in [0.15, 0.2) is 0 Å². The molecule has 0 amide bonds. The fraction of sp³-hybridized carbons (Fsp3) is 0.600. The predicted octanol–water partition coefficient (Wildman–Crippen LogP) is 2.21. The molecule has 1 aromatic rings. The molecule has 0 radical (unpaired) electrons.